The van der Waals surface area contributed by atoms with Crippen molar-refractivity contribution < 1.29 is 9.59 Å². The van der Waals surface area contributed by atoms with Gasteiger partial charge in [-0.15, -0.1) is 0 Å². The highest BCUT2D eigenvalue weighted by molar-refractivity contribution is 5.97. The highest BCUT2D eigenvalue weighted by Crippen LogP contribution is 2.19. The molecule has 1 aromatic heterocycles. The summed E-state index contributed by atoms with van der Waals surface area (Å²) in [4.78, 5) is 25.9. The van der Waals surface area contributed by atoms with Gasteiger partial charge in [0.1, 0.15) is 6.04 Å². The summed E-state index contributed by atoms with van der Waals surface area (Å²) in [6.45, 7) is 8.73. The molecule has 1 fully saturated rings. The van der Waals surface area contributed by atoms with Gasteiger partial charge in [-0.2, -0.15) is 5.10 Å². The van der Waals surface area contributed by atoms with Crippen LogP contribution < -0.4 is 5.32 Å². The van der Waals surface area contributed by atoms with Crippen molar-refractivity contribution in [2.24, 2.45) is 0 Å². The van der Waals surface area contributed by atoms with E-state index in [1.165, 1.54) is 0 Å². The second kappa shape index (κ2) is 5.87. The smallest absolute Gasteiger partial charge is 0.247 e. The van der Waals surface area contributed by atoms with Gasteiger partial charge in [-0.25, -0.2) is 0 Å². The number of nitrogens with zero attached hydrogens (tertiary/aromatic N) is 3. The lowest BCUT2D eigenvalue weighted by Gasteiger charge is -2.25. The normalized spacial score (nSPS) is 17.1. The van der Waals surface area contributed by atoms with Crippen LogP contribution in [0.1, 0.15) is 47.0 Å². The van der Waals surface area contributed by atoms with Crippen molar-refractivity contribution in [3.8, 4) is 0 Å². The number of aromatic nitrogens is 2. The van der Waals surface area contributed by atoms with E-state index in [1.54, 1.807) is 11.1 Å². The average Bonchev–Trinajstić information content (AvgIpc) is 3.00. The molecule has 0 aromatic carbocycles. The molecule has 0 radical (unpaired) electrons. The van der Waals surface area contributed by atoms with Crippen molar-refractivity contribution in [3.05, 3.63) is 12.4 Å². The molecule has 0 spiro atoms. The third-order valence-electron chi connectivity index (χ3n) is 3.71. The highest BCUT2D eigenvalue weighted by Gasteiger charge is 2.31. The Labute approximate surface area is 125 Å². The van der Waals surface area contributed by atoms with Crippen molar-refractivity contribution >= 4 is 17.5 Å². The summed E-state index contributed by atoms with van der Waals surface area (Å²) in [6.07, 6.45) is 5.46. The molecule has 116 valence electrons. The van der Waals surface area contributed by atoms with Crippen molar-refractivity contribution in [2.45, 2.75) is 58.5 Å². The Morgan fingerprint density at radius 2 is 2.19 bits per heavy atom. The predicted molar refractivity (Wildman–Crippen MR) is 80.9 cm³/mol. The molecule has 2 amide bonds. The first-order valence-corrected chi connectivity index (χ1v) is 7.48. The van der Waals surface area contributed by atoms with E-state index in [1.807, 2.05) is 38.6 Å². The molecule has 6 nitrogen and oxygen atoms in total. The summed E-state index contributed by atoms with van der Waals surface area (Å²) < 4.78 is 1.81. The Hall–Kier alpha value is -1.85. The third kappa shape index (κ3) is 3.43. The fourth-order valence-corrected chi connectivity index (χ4v) is 2.53. The van der Waals surface area contributed by atoms with Crippen LogP contribution in [-0.2, 0) is 15.1 Å². The Morgan fingerprint density at radius 1 is 1.48 bits per heavy atom. The second-order valence-electron chi connectivity index (χ2n) is 6.45. The number of amides is 2. The van der Waals surface area contributed by atoms with Crippen LogP contribution in [0, 0.1) is 0 Å². The summed E-state index contributed by atoms with van der Waals surface area (Å²) in [5.74, 6) is -0.0661. The number of carbonyl (C=O) groups is 2. The van der Waals surface area contributed by atoms with E-state index in [2.05, 4.69) is 10.4 Å². The summed E-state index contributed by atoms with van der Waals surface area (Å²) in [5.41, 5.74) is 0.540. The van der Waals surface area contributed by atoms with Crippen molar-refractivity contribution in [2.75, 3.05) is 11.9 Å². The molecule has 2 heterocycles. The van der Waals surface area contributed by atoms with Crippen LogP contribution in [-0.4, -0.2) is 39.1 Å². The standard InChI is InChI=1S/C15H24N4O2/c1-5-12(18-8-6-7-13(18)20)14(21)17-11-9-16-19(10-11)15(2,3)4/h9-10,12H,5-8H2,1-4H3,(H,17,21). The van der Waals surface area contributed by atoms with E-state index < -0.39 is 6.04 Å². The quantitative estimate of drug-likeness (QED) is 0.922. The molecule has 21 heavy (non-hydrogen) atoms. The second-order valence-corrected chi connectivity index (χ2v) is 6.45. The van der Waals surface area contributed by atoms with Gasteiger partial charge in [0.2, 0.25) is 11.8 Å². The fourth-order valence-electron chi connectivity index (χ4n) is 2.53. The maximum atomic E-state index is 12.4. The van der Waals surface area contributed by atoms with Gasteiger partial charge < -0.3 is 10.2 Å². The first kappa shape index (κ1) is 15.5. The largest absolute Gasteiger partial charge is 0.331 e. The first-order valence-electron chi connectivity index (χ1n) is 7.48. The van der Waals surface area contributed by atoms with Crippen molar-refractivity contribution in [3.63, 3.8) is 0 Å². The molecule has 1 aromatic rings. The number of hydrogen-bond donors (Lipinski definition) is 1. The van der Waals surface area contributed by atoms with Crippen LogP contribution >= 0.6 is 0 Å². The van der Waals surface area contributed by atoms with E-state index in [-0.39, 0.29) is 17.4 Å². The number of nitrogens with one attached hydrogen (secondary N) is 1. The van der Waals surface area contributed by atoms with Crippen molar-refractivity contribution in [1.29, 1.82) is 0 Å². The zero-order valence-electron chi connectivity index (χ0n) is 13.2. The molecule has 0 saturated carbocycles. The minimum atomic E-state index is -0.391. The minimum Gasteiger partial charge on any atom is -0.331 e. The Bertz CT molecular complexity index is 530. The molecule has 1 saturated heterocycles. The van der Waals surface area contributed by atoms with E-state index >= 15 is 0 Å². The molecule has 1 atom stereocenters. The molecule has 6 heteroatoms. The van der Waals surface area contributed by atoms with Gasteiger partial charge in [-0.05, 0) is 33.6 Å². The molecular weight excluding hydrogens is 268 g/mol. The fraction of sp³-hybridized carbons (Fsp3) is 0.667. The van der Waals surface area contributed by atoms with Gasteiger partial charge >= 0.3 is 0 Å². The van der Waals surface area contributed by atoms with Crippen LogP contribution in [0.4, 0.5) is 5.69 Å². The number of carbonyl (C=O) groups excluding carboxylic acids is 2. The number of rotatable bonds is 4. The van der Waals surface area contributed by atoms with E-state index in [0.717, 1.165) is 6.42 Å². The number of anilines is 1. The number of hydrogen-bond acceptors (Lipinski definition) is 3. The SMILES string of the molecule is CCC(C(=O)Nc1cnn(C(C)(C)C)c1)N1CCCC1=O. The Kier molecular flexibility index (Phi) is 4.34. The minimum absolute atomic E-state index is 0.0717. The Balaban J connectivity index is 2.06. The van der Waals surface area contributed by atoms with E-state index in [9.17, 15) is 9.59 Å². The molecule has 2 rings (SSSR count). The molecule has 1 aliphatic heterocycles. The highest BCUT2D eigenvalue weighted by atomic mass is 16.2. The summed E-state index contributed by atoms with van der Waals surface area (Å²) >= 11 is 0. The van der Waals surface area contributed by atoms with Gasteiger partial charge in [0.15, 0.2) is 0 Å². The number of likely N-dealkylation sites (tertiary alicyclic amines) is 1. The van der Waals surface area contributed by atoms with Crippen LogP contribution in [0.2, 0.25) is 0 Å². The van der Waals surface area contributed by atoms with Crippen LogP contribution in [0.15, 0.2) is 12.4 Å². The first-order chi connectivity index (χ1) is 9.82. The van der Waals surface area contributed by atoms with Gasteiger partial charge in [-0.1, -0.05) is 6.92 Å². The molecule has 1 unspecified atom stereocenters. The maximum absolute atomic E-state index is 12.4. The third-order valence-corrected chi connectivity index (χ3v) is 3.71. The molecule has 1 N–H and O–H groups in total. The van der Waals surface area contributed by atoms with Gasteiger partial charge in [0.25, 0.3) is 0 Å². The summed E-state index contributed by atoms with van der Waals surface area (Å²) in [5, 5.41) is 7.13. The summed E-state index contributed by atoms with van der Waals surface area (Å²) in [7, 11) is 0. The van der Waals surface area contributed by atoms with Gasteiger partial charge in [0, 0.05) is 19.2 Å². The molecule has 0 aliphatic carbocycles. The lowest BCUT2D eigenvalue weighted by atomic mass is 10.1. The molecule has 1 aliphatic rings. The Morgan fingerprint density at radius 3 is 2.67 bits per heavy atom. The van der Waals surface area contributed by atoms with Crippen LogP contribution in [0.5, 0.6) is 0 Å². The molecular formula is C15H24N4O2. The summed E-state index contributed by atoms with van der Waals surface area (Å²) in [6, 6.07) is -0.391. The van der Waals surface area contributed by atoms with Gasteiger partial charge in [0.05, 0.1) is 17.4 Å². The monoisotopic (exact) mass is 292 g/mol. The van der Waals surface area contributed by atoms with Gasteiger partial charge in [-0.3, -0.25) is 14.3 Å². The van der Waals surface area contributed by atoms with Crippen LogP contribution in [0.3, 0.4) is 0 Å². The zero-order chi connectivity index (χ0) is 15.6. The topological polar surface area (TPSA) is 67.2 Å². The average molecular weight is 292 g/mol. The van der Waals surface area contributed by atoms with Crippen LogP contribution in [0.25, 0.3) is 0 Å². The lowest BCUT2D eigenvalue weighted by molar-refractivity contribution is -0.135. The maximum Gasteiger partial charge on any atom is 0.247 e. The van der Waals surface area contributed by atoms with E-state index in [0.29, 0.717) is 25.1 Å². The van der Waals surface area contributed by atoms with Crippen molar-refractivity contribution in [1.82, 2.24) is 14.7 Å². The zero-order valence-corrected chi connectivity index (χ0v) is 13.2. The van der Waals surface area contributed by atoms with E-state index in [4.69, 9.17) is 0 Å². The predicted octanol–water partition coefficient (Wildman–Crippen LogP) is 1.98. The molecule has 0 bridgehead atoms. The lowest BCUT2D eigenvalue weighted by Crippen LogP contribution is -2.44.